The molecule has 0 aliphatic rings. The van der Waals surface area contributed by atoms with Crippen molar-refractivity contribution in [3.05, 3.63) is 10.5 Å². The Balaban J connectivity index is 2.52. The van der Waals surface area contributed by atoms with Crippen molar-refractivity contribution in [2.75, 3.05) is 0 Å². The summed E-state index contributed by atoms with van der Waals surface area (Å²) in [5.41, 5.74) is 3.19. The van der Waals surface area contributed by atoms with Gasteiger partial charge in [0.25, 0.3) is 0 Å². The standard InChI is InChI=1S/C12H20N4S/c1-5-6-7-8(2)16-11-10(13-12(16)17)9(3)14-15(11)4/h8H,5-7H2,1-4H3,(H,13,17). The molecule has 0 amide bonds. The van der Waals surface area contributed by atoms with Gasteiger partial charge in [-0.25, -0.2) is 0 Å². The van der Waals surface area contributed by atoms with Crippen molar-refractivity contribution in [1.82, 2.24) is 19.3 Å². The molecule has 0 aliphatic carbocycles. The quantitative estimate of drug-likeness (QED) is 0.846. The summed E-state index contributed by atoms with van der Waals surface area (Å²) in [6.07, 6.45) is 3.60. The minimum absolute atomic E-state index is 0.422. The lowest BCUT2D eigenvalue weighted by molar-refractivity contribution is 0.483. The van der Waals surface area contributed by atoms with E-state index in [1.54, 1.807) is 0 Å². The van der Waals surface area contributed by atoms with Gasteiger partial charge in [0.15, 0.2) is 10.4 Å². The highest BCUT2D eigenvalue weighted by atomic mass is 32.1. The average molecular weight is 252 g/mol. The van der Waals surface area contributed by atoms with E-state index in [0.29, 0.717) is 6.04 Å². The third-order valence-electron chi connectivity index (χ3n) is 3.29. The number of fused-ring (bicyclic) bond motifs is 1. The first kappa shape index (κ1) is 12.4. The lowest BCUT2D eigenvalue weighted by Gasteiger charge is -2.13. The van der Waals surface area contributed by atoms with E-state index in [2.05, 4.69) is 28.5 Å². The van der Waals surface area contributed by atoms with Gasteiger partial charge in [-0.2, -0.15) is 5.10 Å². The predicted molar refractivity (Wildman–Crippen MR) is 72.9 cm³/mol. The van der Waals surface area contributed by atoms with Crippen LogP contribution >= 0.6 is 12.2 Å². The van der Waals surface area contributed by atoms with Crippen LogP contribution < -0.4 is 0 Å². The normalized spacial score (nSPS) is 13.4. The van der Waals surface area contributed by atoms with Gasteiger partial charge in [0.1, 0.15) is 5.52 Å². The topological polar surface area (TPSA) is 38.5 Å². The molecule has 2 heterocycles. The first-order chi connectivity index (χ1) is 8.06. The maximum absolute atomic E-state index is 5.42. The maximum atomic E-state index is 5.42. The summed E-state index contributed by atoms with van der Waals surface area (Å²) in [6.45, 7) is 6.45. The number of unbranched alkanes of at least 4 members (excludes halogenated alkanes) is 1. The van der Waals surface area contributed by atoms with Crippen LogP contribution in [0.2, 0.25) is 0 Å². The van der Waals surface area contributed by atoms with Gasteiger partial charge in [-0.3, -0.25) is 9.25 Å². The Morgan fingerprint density at radius 2 is 2.18 bits per heavy atom. The zero-order valence-corrected chi connectivity index (χ0v) is 11.8. The second kappa shape index (κ2) is 4.64. The zero-order valence-electron chi connectivity index (χ0n) is 10.9. The fourth-order valence-electron chi connectivity index (χ4n) is 2.37. The van der Waals surface area contributed by atoms with Crippen LogP contribution in [0.15, 0.2) is 0 Å². The van der Waals surface area contributed by atoms with E-state index in [0.717, 1.165) is 28.0 Å². The number of H-pyrrole nitrogens is 1. The molecule has 94 valence electrons. The molecule has 2 aromatic heterocycles. The van der Waals surface area contributed by atoms with Gasteiger partial charge < -0.3 is 4.98 Å². The third kappa shape index (κ3) is 2.04. The van der Waals surface area contributed by atoms with E-state index >= 15 is 0 Å². The number of aromatic nitrogens is 4. The van der Waals surface area contributed by atoms with Crippen molar-refractivity contribution >= 4 is 23.4 Å². The van der Waals surface area contributed by atoms with Crippen molar-refractivity contribution in [1.29, 1.82) is 0 Å². The van der Waals surface area contributed by atoms with Gasteiger partial charge in [0.05, 0.1) is 5.69 Å². The first-order valence-corrected chi connectivity index (χ1v) is 6.60. The monoisotopic (exact) mass is 252 g/mol. The predicted octanol–water partition coefficient (Wildman–Crippen LogP) is 3.49. The number of hydrogen-bond donors (Lipinski definition) is 1. The SMILES string of the molecule is CCCCC(C)n1c(=S)[nH]c2c(C)nn(C)c21. The summed E-state index contributed by atoms with van der Waals surface area (Å²) < 4.78 is 4.92. The highest BCUT2D eigenvalue weighted by Crippen LogP contribution is 2.23. The Kier molecular flexibility index (Phi) is 3.38. The second-order valence-corrected chi connectivity index (χ2v) is 5.09. The Hall–Kier alpha value is -1.10. The summed E-state index contributed by atoms with van der Waals surface area (Å²) in [7, 11) is 1.97. The Labute approximate surface area is 107 Å². The van der Waals surface area contributed by atoms with Crippen LogP contribution in [0, 0.1) is 11.7 Å². The van der Waals surface area contributed by atoms with Crippen LogP contribution in [0.4, 0.5) is 0 Å². The molecular weight excluding hydrogens is 232 g/mol. The minimum atomic E-state index is 0.422. The Morgan fingerprint density at radius 1 is 1.47 bits per heavy atom. The number of hydrogen-bond acceptors (Lipinski definition) is 2. The first-order valence-electron chi connectivity index (χ1n) is 6.20. The number of aryl methyl sites for hydroxylation is 2. The molecule has 0 aromatic carbocycles. The van der Waals surface area contributed by atoms with Gasteiger partial charge in [0, 0.05) is 13.1 Å². The molecule has 0 fully saturated rings. The molecule has 17 heavy (non-hydrogen) atoms. The number of nitrogens with one attached hydrogen (secondary N) is 1. The smallest absolute Gasteiger partial charge is 0.179 e. The van der Waals surface area contributed by atoms with Crippen LogP contribution in [0.25, 0.3) is 11.2 Å². The number of nitrogens with zero attached hydrogens (tertiary/aromatic N) is 3. The van der Waals surface area contributed by atoms with E-state index < -0.39 is 0 Å². The average Bonchev–Trinajstić information content (AvgIpc) is 2.74. The Bertz CT molecular complexity index is 575. The van der Waals surface area contributed by atoms with Gasteiger partial charge in [0.2, 0.25) is 0 Å². The molecule has 0 bridgehead atoms. The van der Waals surface area contributed by atoms with E-state index in [1.165, 1.54) is 12.8 Å². The van der Waals surface area contributed by atoms with Crippen molar-refractivity contribution in [2.45, 2.75) is 46.1 Å². The summed E-state index contributed by atoms with van der Waals surface area (Å²) >= 11 is 5.42. The van der Waals surface area contributed by atoms with E-state index in [-0.39, 0.29) is 0 Å². The highest BCUT2D eigenvalue weighted by molar-refractivity contribution is 7.71. The second-order valence-electron chi connectivity index (χ2n) is 4.70. The lowest BCUT2D eigenvalue weighted by Crippen LogP contribution is -2.08. The number of imidazole rings is 1. The maximum Gasteiger partial charge on any atom is 0.179 e. The Morgan fingerprint density at radius 3 is 2.82 bits per heavy atom. The van der Waals surface area contributed by atoms with Crippen LogP contribution in [-0.2, 0) is 7.05 Å². The number of aromatic amines is 1. The third-order valence-corrected chi connectivity index (χ3v) is 3.59. The molecule has 0 aliphatic heterocycles. The summed E-state index contributed by atoms with van der Waals surface area (Å²) in [6, 6.07) is 0.422. The molecule has 5 heteroatoms. The molecule has 1 atom stereocenters. The van der Waals surface area contributed by atoms with Crippen molar-refractivity contribution in [3.63, 3.8) is 0 Å². The van der Waals surface area contributed by atoms with Crippen molar-refractivity contribution < 1.29 is 0 Å². The summed E-state index contributed by atoms with van der Waals surface area (Å²) in [5.74, 6) is 0. The van der Waals surface area contributed by atoms with Crippen LogP contribution in [0.1, 0.15) is 44.8 Å². The molecule has 1 unspecified atom stereocenters. The van der Waals surface area contributed by atoms with E-state index in [1.807, 2.05) is 18.7 Å². The molecular formula is C12H20N4S. The molecule has 4 nitrogen and oxygen atoms in total. The van der Waals surface area contributed by atoms with Gasteiger partial charge >= 0.3 is 0 Å². The van der Waals surface area contributed by atoms with Gasteiger partial charge in [-0.05, 0) is 32.5 Å². The highest BCUT2D eigenvalue weighted by Gasteiger charge is 2.16. The summed E-state index contributed by atoms with van der Waals surface area (Å²) in [4.78, 5) is 3.27. The van der Waals surface area contributed by atoms with Gasteiger partial charge in [-0.1, -0.05) is 19.8 Å². The molecule has 0 saturated heterocycles. The zero-order chi connectivity index (χ0) is 12.6. The molecule has 0 radical (unpaired) electrons. The molecule has 0 spiro atoms. The fourth-order valence-corrected chi connectivity index (χ4v) is 2.74. The fraction of sp³-hybridized carbons (Fsp3) is 0.667. The van der Waals surface area contributed by atoms with E-state index in [9.17, 15) is 0 Å². The molecule has 2 aromatic rings. The minimum Gasteiger partial charge on any atom is -0.328 e. The van der Waals surface area contributed by atoms with E-state index in [4.69, 9.17) is 12.2 Å². The van der Waals surface area contributed by atoms with Crippen molar-refractivity contribution in [3.8, 4) is 0 Å². The lowest BCUT2D eigenvalue weighted by atomic mass is 10.1. The van der Waals surface area contributed by atoms with Crippen LogP contribution in [0.3, 0.4) is 0 Å². The van der Waals surface area contributed by atoms with Crippen LogP contribution in [0.5, 0.6) is 0 Å². The number of rotatable bonds is 4. The van der Waals surface area contributed by atoms with Gasteiger partial charge in [-0.15, -0.1) is 0 Å². The summed E-state index contributed by atoms with van der Waals surface area (Å²) in [5, 5.41) is 4.43. The van der Waals surface area contributed by atoms with Crippen LogP contribution in [-0.4, -0.2) is 19.3 Å². The molecule has 0 saturated carbocycles. The largest absolute Gasteiger partial charge is 0.328 e. The van der Waals surface area contributed by atoms with Crippen molar-refractivity contribution in [2.24, 2.45) is 7.05 Å². The molecule has 1 N–H and O–H groups in total. The molecule has 2 rings (SSSR count).